The molecule has 2 aromatic carbocycles. The largest absolute Gasteiger partial charge is 0.416 e. The third-order valence-electron chi connectivity index (χ3n) is 4.84. The smallest absolute Gasteiger partial charge is 0.326 e. The summed E-state index contributed by atoms with van der Waals surface area (Å²) in [6.45, 7) is 3.87. The van der Waals surface area contributed by atoms with Crippen LogP contribution in [0.4, 0.5) is 24.5 Å². The summed E-state index contributed by atoms with van der Waals surface area (Å²) in [5.41, 5.74) is 1.96. The van der Waals surface area contributed by atoms with E-state index in [1.807, 2.05) is 26.0 Å². The highest BCUT2D eigenvalue weighted by molar-refractivity contribution is 6.03. The molecule has 1 aliphatic heterocycles. The summed E-state index contributed by atoms with van der Waals surface area (Å²) < 4.78 is 38.7. The molecule has 1 fully saturated rings. The van der Waals surface area contributed by atoms with Crippen molar-refractivity contribution in [2.24, 2.45) is 5.92 Å². The fourth-order valence-electron chi connectivity index (χ4n) is 3.10. The molecule has 2 aromatic rings. The van der Waals surface area contributed by atoms with E-state index in [0.717, 1.165) is 23.3 Å². The van der Waals surface area contributed by atoms with E-state index in [0.29, 0.717) is 5.69 Å². The monoisotopic (exact) mass is 376 g/mol. The topological polar surface area (TPSA) is 49.4 Å². The van der Waals surface area contributed by atoms with Gasteiger partial charge in [0.05, 0.1) is 11.5 Å². The Morgan fingerprint density at radius 3 is 2.56 bits per heavy atom. The minimum Gasteiger partial charge on any atom is -0.326 e. The number of amides is 2. The summed E-state index contributed by atoms with van der Waals surface area (Å²) in [6.07, 6.45) is -4.52. The average Bonchev–Trinajstić information content (AvgIpc) is 3.00. The number of benzene rings is 2. The van der Waals surface area contributed by atoms with Crippen LogP contribution in [0.2, 0.25) is 0 Å². The number of aryl methyl sites for hydroxylation is 1. The van der Waals surface area contributed by atoms with Gasteiger partial charge in [0.15, 0.2) is 0 Å². The van der Waals surface area contributed by atoms with Gasteiger partial charge < -0.3 is 10.2 Å². The number of nitrogens with zero attached hydrogens (tertiary/aromatic N) is 1. The molecule has 7 heteroatoms. The lowest BCUT2D eigenvalue weighted by atomic mass is 10.1. The molecule has 3 rings (SSSR count). The van der Waals surface area contributed by atoms with E-state index in [2.05, 4.69) is 5.32 Å². The standard InChI is InChI=1S/C20H19F3N2O2/c1-12-5-3-8-17(13(12)2)24-19(27)14-9-18(26)25(11-14)16-7-4-6-15(10-16)20(21,22)23/h3-8,10,14H,9,11H2,1-2H3,(H,24,27)/t14-/m1/s1. The first-order chi connectivity index (χ1) is 12.7. The maximum absolute atomic E-state index is 12.9. The lowest BCUT2D eigenvalue weighted by Crippen LogP contribution is -2.28. The van der Waals surface area contributed by atoms with Gasteiger partial charge in [-0.1, -0.05) is 18.2 Å². The van der Waals surface area contributed by atoms with Crippen LogP contribution in [0.1, 0.15) is 23.1 Å². The van der Waals surface area contributed by atoms with Crippen LogP contribution in [0.25, 0.3) is 0 Å². The summed E-state index contributed by atoms with van der Waals surface area (Å²) in [4.78, 5) is 26.1. The molecule has 4 nitrogen and oxygen atoms in total. The quantitative estimate of drug-likeness (QED) is 0.868. The Morgan fingerprint density at radius 2 is 1.85 bits per heavy atom. The number of carbonyl (C=O) groups is 2. The SMILES string of the molecule is Cc1cccc(NC(=O)[C@@H]2CC(=O)N(c3cccc(C(F)(F)F)c3)C2)c1C. The van der Waals surface area contributed by atoms with Gasteiger partial charge in [-0.05, 0) is 49.2 Å². The van der Waals surface area contributed by atoms with Crippen molar-refractivity contribution in [3.05, 3.63) is 59.2 Å². The number of alkyl halides is 3. The Balaban J connectivity index is 1.75. The molecule has 142 valence electrons. The first-order valence-electron chi connectivity index (χ1n) is 8.51. The first-order valence-corrected chi connectivity index (χ1v) is 8.51. The molecule has 27 heavy (non-hydrogen) atoms. The van der Waals surface area contributed by atoms with Crippen molar-refractivity contribution in [3.63, 3.8) is 0 Å². The minimum atomic E-state index is -4.49. The fraction of sp³-hybridized carbons (Fsp3) is 0.300. The van der Waals surface area contributed by atoms with Crippen molar-refractivity contribution in [1.29, 1.82) is 0 Å². The maximum Gasteiger partial charge on any atom is 0.416 e. The lowest BCUT2D eigenvalue weighted by molar-refractivity contribution is -0.137. The number of carbonyl (C=O) groups excluding carboxylic acids is 2. The molecule has 1 saturated heterocycles. The van der Waals surface area contributed by atoms with Gasteiger partial charge in [-0.3, -0.25) is 9.59 Å². The second-order valence-corrected chi connectivity index (χ2v) is 6.69. The first kappa shape index (κ1) is 18.9. The minimum absolute atomic E-state index is 0.0348. The van der Waals surface area contributed by atoms with Crippen molar-refractivity contribution < 1.29 is 22.8 Å². The molecule has 2 amide bonds. The van der Waals surface area contributed by atoms with Crippen molar-refractivity contribution >= 4 is 23.2 Å². The lowest BCUT2D eigenvalue weighted by Gasteiger charge is -2.18. The Morgan fingerprint density at radius 1 is 1.15 bits per heavy atom. The van der Waals surface area contributed by atoms with Crippen LogP contribution >= 0.6 is 0 Å². The second-order valence-electron chi connectivity index (χ2n) is 6.69. The summed E-state index contributed by atoms with van der Waals surface area (Å²) in [6, 6.07) is 10.1. The van der Waals surface area contributed by atoms with E-state index >= 15 is 0 Å². The summed E-state index contributed by atoms with van der Waals surface area (Å²) in [5.74, 6) is -1.30. The van der Waals surface area contributed by atoms with Crippen LogP contribution in [0.15, 0.2) is 42.5 Å². The highest BCUT2D eigenvalue weighted by Crippen LogP contribution is 2.33. The van der Waals surface area contributed by atoms with Crippen LogP contribution in [-0.2, 0) is 15.8 Å². The number of halogens is 3. The maximum atomic E-state index is 12.9. The van der Waals surface area contributed by atoms with Gasteiger partial charge >= 0.3 is 6.18 Å². The van der Waals surface area contributed by atoms with E-state index in [1.54, 1.807) is 6.07 Å². The molecule has 0 radical (unpaired) electrons. The molecule has 1 aliphatic rings. The highest BCUT2D eigenvalue weighted by atomic mass is 19.4. The van der Waals surface area contributed by atoms with Gasteiger partial charge in [-0.2, -0.15) is 13.2 Å². The molecular formula is C20H19F3N2O2. The molecule has 1 atom stereocenters. The predicted octanol–water partition coefficient (Wildman–Crippen LogP) is 4.31. The Bertz CT molecular complexity index is 893. The Labute approximate surface area is 155 Å². The average molecular weight is 376 g/mol. The highest BCUT2D eigenvalue weighted by Gasteiger charge is 2.37. The van der Waals surface area contributed by atoms with Crippen LogP contribution in [0.3, 0.4) is 0 Å². The number of hydrogen-bond donors (Lipinski definition) is 1. The fourth-order valence-corrected chi connectivity index (χ4v) is 3.10. The van der Waals surface area contributed by atoms with Crippen molar-refractivity contribution in [2.75, 3.05) is 16.8 Å². The van der Waals surface area contributed by atoms with E-state index in [-0.39, 0.29) is 30.5 Å². The van der Waals surface area contributed by atoms with Crippen molar-refractivity contribution in [3.8, 4) is 0 Å². The van der Waals surface area contributed by atoms with Crippen molar-refractivity contribution in [2.45, 2.75) is 26.4 Å². The number of anilines is 2. The van der Waals surface area contributed by atoms with Gasteiger partial charge in [-0.15, -0.1) is 0 Å². The predicted molar refractivity (Wildman–Crippen MR) is 96.4 cm³/mol. The molecule has 0 aliphatic carbocycles. The molecule has 0 unspecified atom stereocenters. The zero-order valence-electron chi connectivity index (χ0n) is 14.9. The second kappa shape index (κ2) is 7.06. The summed E-state index contributed by atoms with van der Waals surface area (Å²) in [7, 11) is 0. The zero-order valence-corrected chi connectivity index (χ0v) is 14.9. The van der Waals surface area contributed by atoms with Crippen LogP contribution in [0.5, 0.6) is 0 Å². The Kier molecular flexibility index (Phi) is 4.95. The Hall–Kier alpha value is -2.83. The third kappa shape index (κ3) is 3.97. The van der Waals surface area contributed by atoms with Gasteiger partial charge in [-0.25, -0.2) is 0 Å². The normalized spacial score (nSPS) is 17.3. The molecule has 1 N–H and O–H groups in total. The third-order valence-corrected chi connectivity index (χ3v) is 4.84. The molecular weight excluding hydrogens is 357 g/mol. The molecule has 0 saturated carbocycles. The number of hydrogen-bond acceptors (Lipinski definition) is 2. The van der Waals surface area contributed by atoms with E-state index in [9.17, 15) is 22.8 Å². The zero-order chi connectivity index (χ0) is 19.8. The van der Waals surface area contributed by atoms with Gasteiger partial charge in [0, 0.05) is 24.3 Å². The van der Waals surface area contributed by atoms with E-state index in [1.165, 1.54) is 17.0 Å². The van der Waals surface area contributed by atoms with Crippen LogP contribution in [0, 0.1) is 19.8 Å². The molecule has 0 bridgehead atoms. The van der Waals surface area contributed by atoms with E-state index < -0.39 is 17.7 Å². The van der Waals surface area contributed by atoms with Crippen LogP contribution in [-0.4, -0.2) is 18.4 Å². The number of nitrogens with one attached hydrogen (secondary N) is 1. The van der Waals surface area contributed by atoms with Crippen molar-refractivity contribution in [1.82, 2.24) is 0 Å². The van der Waals surface area contributed by atoms with Crippen LogP contribution < -0.4 is 10.2 Å². The summed E-state index contributed by atoms with van der Waals surface area (Å²) >= 11 is 0. The van der Waals surface area contributed by atoms with Gasteiger partial charge in [0.25, 0.3) is 0 Å². The molecule has 0 spiro atoms. The van der Waals surface area contributed by atoms with Gasteiger partial charge in [0.2, 0.25) is 11.8 Å². The van der Waals surface area contributed by atoms with E-state index in [4.69, 9.17) is 0 Å². The molecule has 0 aromatic heterocycles. The van der Waals surface area contributed by atoms with Gasteiger partial charge in [0.1, 0.15) is 0 Å². The summed E-state index contributed by atoms with van der Waals surface area (Å²) in [5, 5.41) is 2.82. The molecule has 1 heterocycles. The number of rotatable bonds is 3.